The third-order valence-electron chi connectivity index (χ3n) is 3.61. The first-order chi connectivity index (χ1) is 13.3. The number of hydrogen-bond acceptors (Lipinski definition) is 6. The molecule has 0 atom stereocenters. The van der Waals surface area contributed by atoms with Crippen molar-refractivity contribution in [1.29, 1.82) is 0 Å². The molecule has 0 aliphatic rings. The van der Waals surface area contributed by atoms with Crippen LogP contribution in [0.25, 0.3) is 0 Å². The van der Waals surface area contributed by atoms with Gasteiger partial charge in [0.15, 0.2) is 17.5 Å². The number of aromatic nitrogens is 2. The van der Waals surface area contributed by atoms with Crippen molar-refractivity contribution in [1.82, 2.24) is 14.7 Å². The largest absolute Gasteiger partial charge is 0.340 e. The number of benzene rings is 2. The molecule has 7 nitrogen and oxygen atoms in total. The van der Waals surface area contributed by atoms with Crippen molar-refractivity contribution in [2.45, 2.75) is 4.90 Å². The summed E-state index contributed by atoms with van der Waals surface area (Å²) in [6.45, 7) is 0. The molecule has 0 unspecified atom stereocenters. The molecule has 0 amide bonds. The molecule has 0 fully saturated rings. The molecule has 0 aliphatic heterocycles. The molecule has 0 spiro atoms. The summed E-state index contributed by atoms with van der Waals surface area (Å²) in [6.07, 6.45) is 1.19. The van der Waals surface area contributed by atoms with Crippen LogP contribution in [0.4, 0.5) is 36.2 Å². The van der Waals surface area contributed by atoms with E-state index < -0.39 is 27.5 Å². The topological polar surface area (TPSA) is 96.0 Å². The van der Waals surface area contributed by atoms with E-state index in [9.17, 15) is 21.6 Å². The molecule has 3 rings (SSSR count). The van der Waals surface area contributed by atoms with Gasteiger partial charge < -0.3 is 10.6 Å². The Labute approximate surface area is 158 Å². The van der Waals surface area contributed by atoms with Crippen LogP contribution in [0, 0.1) is 17.5 Å². The van der Waals surface area contributed by atoms with Crippen LogP contribution in [0.15, 0.2) is 53.7 Å². The minimum Gasteiger partial charge on any atom is -0.340 e. The summed E-state index contributed by atoms with van der Waals surface area (Å²) in [5, 5.41) is 5.55. The normalized spacial score (nSPS) is 11.3. The minimum absolute atomic E-state index is 0.0387. The van der Waals surface area contributed by atoms with Crippen LogP contribution in [0.5, 0.6) is 0 Å². The lowest BCUT2D eigenvalue weighted by Gasteiger charge is -2.10. The second-order valence-electron chi connectivity index (χ2n) is 5.53. The smallest absolute Gasteiger partial charge is 0.240 e. The molecule has 0 saturated heterocycles. The molecular weight excluding hydrogens is 395 g/mol. The molecule has 3 N–H and O–H groups in total. The average molecular weight is 409 g/mol. The Morgan fingerprint density at radius 1 is 0.857 bits per heavy atom. The second kappa shape index (κ2) is 7.82. The zero-order valence-electron chi connectivity index (χ0n) is 14.4. The third-order valence-corrected chi connectivity index (χ3v) is 5.02. The zero-order chi connectivity index (χ0) is 20.3. The summed E-state index contributed by atoms with van der Waals surface area (Å²) in [4.78, 5) is 7.98. The van der Waals surface area contributed by atoms with Crippen LogP contribution in [-0.2, 0) is 10.0 Å². The lowest BCUT2D eigenvalue weighted by Crippen LogP contribution is -2.18. The van der Waals surface area contributed by atoms with Crippen LogP contribution in [-0.4, -0.2) is 25.4 Å². The van der Waals surface area contributed by atoms with Crippen LogP contribution in [0.1, 0.15) is 0 Å². The van der Waals surface area contributed by atoms with Crippen molar-refractivity contribution in [3.63, 3.8) is 0 Å². The fourth-order valence-electron chi connectivity index (χ4n) is 2.28. The average Bonchev–Trinajstić information content (AvgIpc) is 2.66. The van der Waals surface area contributed by atoms with Gasteiger partial charge in [-0.05, 0) is 25.2 Å². The zero-order valence-corrected chi connectivity index (χ0v) is 15.2. The number of anilines is 4. The summed E-state index contributed by atoms with van der Waals surface area (Å²) < 4.78 is 65.7. The van der Waals surface area contributed by atoms with Gasteiger partial charge >= 0.3 is 0 Å². The number of rotatable bonds is 6. The Hall–Kier alpha value is -3.18. The predicted molar refractivity (Wildman–Crippen MR) is 97.6 cm³/mol. The van der Waals surface area contributed by atoms with E-state index >= 15 is 0 Å². The lowest BCUT2D eigenvalue weighted by molar-refractivity contribution is 0.448. The van der Waals surface area contributed by atoms with E-state index in [1.165, 1.54) is 31.6 Å². The number of sulfonamides is 1. The summed E-state index contributed by atoms with van der Waals surface area (Å²) in [5.41, 5.74) is 0.406. The monoisotopic (exact) mass is 409 g/mol. The van der Waals surface area contributed by atoms with Gasteiger partial charge in [0.2, 0.25) is 10.0 Å². The predicted octanol–water partition coefficient (Wildman–Crippen LogP) is 3.29. The highest BCUT2D eigenvalue weighted by atomic mass is 32.2. The van der Waals surface area contributed by atoms with Gasteiger partial charge in [-0.1, -0.05) is 6.07 Å². The highest BCUT2D eigenvalue weighted by Crippen LogP contribution is 2.23. The van der Waals surface area contributed by atoms with E-state index in [0.29, 0.717) is 11.5 Å². The molecule has 28 heavy (non-hydrogen) atoms. The SMILES string of the molecule is CNS(=O)(=O)c1cccc(Nc2cc(Nc3cc(F)c(F)c(F)c3)ncn2)c1. The fourth-order valence-corrected chi connectivity index (χ4v) is 3.05. The van der Waals surface area contributed by atoms with Gasteiger partial charge in [-0.2, -0.15) is 0 Å². The van der Waals surface area contributed by atoms with Crippen molar-refractivity contribution in [3.8, 4) is 0 Å². The number of nitrogens with one attached hydrogen (secondary N) is 3. The van der Waals surface area contributed by atoms with Crippen molar-refractivity contribution >= 4 is 33.0 Å². The van der Waals surface area contributed by atoms with Crippen LogP contribution in [0.3, 0.4) is 0 Å². The van der Waals surface area contributed by atoms with Gasteiger partial charge in [0.1, 0.15) is 18.0 Å². The van der Waals surface area contributed by atoms with Gasteiger partial charge in [-0.25, -0.2) is 36.3 Å². The quantitative estimate of drug-likeness (QED) is 0.541. The summed E-state index contributed by atoms with van der Waals surface area (Å²) in [7, 11) is -2.31. The minimum atomic E-state index is -3.61. The van der Waals surface area contributed by atoms with E-state index in [-0.39, 0.29) is 16.4 Å². The van der Waals surface area contributed by atoms with Gasteiger partial charge in [0.25, 0.3) is 0 Å². The van der Waals surface area contributed by atoms with Gasteiger partial charge in [-0.3, -0.25) is 0 Å². The lowest BCUT2D eigenvalue weighted by atomic mass is 10.3. The van der Waals surface area contributed by atoms with E-state index in [1.807, 2.05) is 0 Å². The van der Waals surface area contributed by atoms with E-state index in [0.717, 1.165) is 12.1 Å². The molecular formula is C17H14F3N5O2S. The van der Waals surface area contributed by atoms with E-state index in [1.54, 1.807) is 12.1 Å². The number of halogens is 3. The Kier molecular flexibility index (Phi) is 5.47. The Morgan fingerprint density at radius 2 is 1.46 bits per heavy atom. The summed E-state index contributed by atoms with van der Waals surface area (Å²) in [5.74, 6) is -3.76. The van der Waals surface area contributed by atoms with E-state index in [2.05, 4.69) is 25.3 Å². The van der Waals surface area contributed by atoms with Crippen LogP contribution < -0.4 is 15.4 Å². The summed E-state index contributed by atoms with van der Waals surface area (Å²) in [6, 6.07) is 9.04. The molecule has 0 bridgehead atoms. The van der Waals surface area contributed by atoms with Crippen molar-refractivity contribution < 1.29 is 21.6 Å². The number of hydrogen-bond donors (Lipinski definition) is 3. The molecule has 1 aromatic heterocycles. The van der Waals surface area contributed by atoms with Crippen LogP contribution >= 0.6 is 0 Å². The number of nitrogens with zero attached hydrogens (tertiary/aromatic N) is 2. The molecule has 2 aromatic carbocycles. The van der Waals surface area contributed by atoms with Crippen molar-refractivity contribution in [2.24, 2.45) is 0 Å². The van der Waals surface area contributed by atoms with Crippen molar-refractivity contribution in [3.05, 3.63) is 66.2 Å². The fraction of sp³-hybridized carbons (Fsp3) is 0.0588. The first kappa shape index (κ1) is 19.6. The third kappa shape index (κ3) is 4.38. The standard InChI is InChI=1S/C17H14F3N5O2S/c1-21-28(26,27)12-4-2-3-10(5-12)24-15-8-16(23-9-22-15)25-11-6-13(18)17(20)14(19)7-11/h2-9,21H,1H3,(H2,22,23,24,25). The van der Waals surface area contributed by atoms with Crippen molar-refractivity contribution in [2.75, 3.05) is 17.7 Å². The highest BCUT2D eigenvalue weighted by Gasteiger charge is 2.13. The molecule has 0 saturated carbocycles. The molecule has 0 radical (unpaired) electrons. The second-order valence-corrected chi connectivity index (χ2v) is 7.41. The molecule has 11 heteroatoms. The first-order valence-corrected chi connectivity index (χ1v) is 9.31. The first-order valence-electron chi connectivity index (χ1n) is 7.83. The molecule has 146 valence electrons. The highest BCUT2D eigenvalue weighted by molar-refractivity contribution is 7.89. The maximum atomic E-state index is 13.3. The van der Waals surface area contributed by atoms with Gasteiger partial charge in [0.05, 0.1) is 4.90 Å². The maximum Gasteiger partial charge on any atom is 0.240 e. The molecule has 1 heterocycles. The Bertz CT molecular complexity index is 1100. The Balaban J connectivity index is 1.82. The summed E-state index contributed by atoms with van der Waals surface area (Å²) >= 11 is 0. The van der Waals surface area contributed by atoms with Gasteiger partial charge in [0, 0.05) is 29.6 Å². The Morgan fingerprint density at radius 3 is 2.07 bits per heavy atom. The van der Waals surface area contributed by atoms with E-state index in [4.69, 9.17) is 0 Å². The van der Waals surface area contributed by atoms with Crippen LogP contribution in [0.2, 0.25) is 0 Å². The van der Waals surface area contributed by atoms with Gasteiger partial charge in [-0.15, -0.1) is 0 Å². The molecule has 0 aliphatic carbocycles. The maximum absolute atomic E-state index is 13.3. The molecule has 3 aromatic rings.